The van der Waals surface area contributed by atoms with E-state index in [1.807, 2.05) is 23.6 Å². The highest BCUT2D eigenvalue weighted by Crippen LogP contribution is 2.33. The van der Waals surface area contributed by atoms with Gasteiger partial charge in [0.05, 0.1) is 0 Å². The Morgan fingerprint density at radius 1 is 1.39 bits per heavy atom. The summed E-state index contributed by atoms with van der Waals surface area (Å²) in [5.74, 6) is 0.102. The molecule has 4 nitrogen and oxygen atoms in total. The molecule has 1 aliphatic carbocycles. The minimum atomic E-state index is -0.367. The van der Waals surface area contributed by atoms with E-state index in [2.05, 4.69) is 11.6 Å². The molecule has 5 heteroatoms. The van der Waals surface area contributed by atoms with Crippen molar-refractivity contribution in [3.05, 3.63) is 0 Å². The van der Waals surface area contributed by atoms with Crippen molar-refractivity contribution < 1.29 is 9.59 Å². The van der Waals surface area contributed by atoms with Crippen molar-refractivity contribution in [2.45, 2.75) is 62.9 Å². The van der Waals surface area contributed by atoms with Crippen LogP contribution in [0.25, 0.3) is 0 Å². The average molecular weight is 270 g/mol. The number of nitrogens with one attached hydrogen (secondary N) is 1. The fraction of sp³-hybridized carbons (Fsp3) is 0.846. The van der Waals surface area contributed by atoms with Crippen LogP contribution in [-0.2, 0) is 9.59 Å². The van der Waals surface area contributed by atoms with Crippen LogP contribution in [-0.4, -0.2) is 46.3 Å². The standard InChI is InChI=1S/C13H22N2O2S/c1-4-11-12(16)14-8(2)13(17)15(11)9-5-6-10(7-9)18-3/h8-11H,4-7H2,1-3H3,(H,14,16). The smallest absolute Gasteiger partial charge is 0.245 e. The van der Waals surface area contributed by atoms with Crippen LogP contribution in [0.15, 0.2) is 0 Å². The summed E-state index contributed by atoms with van der Waals surface area (Å²) in [6.45, 7) is 3.75. The fourth-order valence-corrected chi connectivity index (χ4v) is 3.86. The van der Waals surface area contributed by atoms with Crippen LogP contribution < -0.4 is 5.32 Å². The van der Waals surface area contributed by atoms with Crippen molar-refractivity contribution in [3.8, 4) is 0 Å². The zero-order valence-corrected chi connectivity index (χ0v) is 12.1. The Morgan fingerprint density at radius 2 is 2.11 bits per heavy atom. The topological polar surface area (TPSA) is 49.4 Å². The van der Waals surface area contributed by atoms with Gasteiger partial charge < -0.3 is 10.2 Å². The quantitative estimate of drug-likeness (QED) is 0.843. The number of piperazine rings is 1. The Kier molecular flexibility index (Phi) is 4.20. The molecule has 1 heterocycles. The predicted molar refractivity (Wildman–Crippen MR) is 73.5 cm³/mol. The molecule has 0 radical (unpaired) electrons. The zero-order valence-electron chi connectivity index (χ0n) is 11.3. The average Bonchev–Trinajstić information content (AvgIpc) is 2.81. The predicted octanol–water partition coefficient (Wildman–Crippen LogP) is 1.40. The van der Waals surface area contributed by atoms with Gasteiger partial charge in [0.15, 0.2) is 0 Å². The lowest BCUT2D eigenvalue weighted by Crippen LogP contribution is -2.64. The molecule has 2 amide bonds. The number of hydrogen-bond acceptors (Lipinski definition) is 3. The summed E-state index contributed by atoms with van der Waals surface area (Å²) >= 11 is 1.87. The Morgan fingerprint density at radius 3 is 2.67 bits per heavy atom. The third-order valence-electron chi connectivity index (χ3n) is 4.09. The number of rotatable bonds is 3. The maximum atomic E-state index is 12.3. The maximum Gasteiger partial charge on any atom is 0.245 e. The molecule has 102 valence electrons. The number of carbonyl (C=O) groups excluding carboxylic acids is 2. The van der Waals surface area contributed by atoms with Crippen LogP contribution >= 0.6 is 11.8 Å². The molecular formula is C13H22N2O2S. The summed E-state index contributed by atoms with van der Waals surface area (Å²) in [5.41, 5.74) is 0. The number of carbonyl (C=O) groups is 2. The third kappa shape index (κ3) is 2.37. The second-order valence-electron chi connectivity index (χ2n) is 5.22. The van der Waals surface area contributed by atoms with Crippen LogP contribution in [0.4, 0.5) is 0 Å². The molecule has 1 aliphatic heterocycles. The van der Waals surface area contributed by atoms with Crippen LogP contribution in [0.2, 0.25) is 0 Å². The highest BCUT2D eigenvalue weighted by atomic mass is 32.2. The first-order valence-electron chi connectivity index (χ1n) is 6.73. The van der Waals surface area contributed by atoms with E-state index in [1.165, 1.54) is 0 Å². The normalized spacial score (nSPS) is 36.9. The molecule has 0 aromatic heterocycles. The van der Waals surface area contributed by atoms with Gasteiger partial charge in [-0.2, -0.15) is 11.8 Å². The molecular weight excluding hydrogens is 248 g/mol. The highest BCUT2D eigenvalue weighted by molar-refractivity contribution is 7.99. The van der Waals surface area contributed by atoms with E-state index < -0.39 is 0 Å². The van der Waals surface area contributed by atoms with Gasteiger partial charge in [-0.1, -0.05) is 6.92 Å². The SMILES string of the molecule is CCC1C(=O)NC(C)C(=O)N1C1CCC(SC)C1. The molecule has 0 spiro atoms. The molecule has 1 saturated carbocycles. The largest absolute Gasteiger partial charge is 0.343 e. The Balaban J connectivity index is 2.16. The third-order valence-corrected chi connectivity index (χ3v) is 5.19. The molecule has 0 aromatic carbocycles. The monoisotopic (exact) mass is 270 g/mol. The molecule has 18 heavy (non-hydrogen) atoms. The first-order valence-corrected chi connectivity index (χ1v) is 8.02. The molecule has 2 aliphatic rings. The van der Waals surface area contributed by atoms with Gasteiger partial charge in [-0.25, -0.2) is 0 Å². The van der Waals surface area contributed by atoms with E-state index in [0.29, 0.717) is 11.7 Å². The highest BCUT2D eigenvalue weighted by Gasteiger charge is 2.43. The fourth-order valence-electron chi connectivity index (χ4n) is 3.08. The minimum absolute atomic E-state index is 0.0113. The molecule has 1 saturated heterocycles. The second-order valence-corrected chi connectivity index (χ2v) is 6.36. The second kappa shape index (κ2) is 5.51. The first kappa shape index (κ1) is 13.7. The van der Waals surface area contributed by atoms with E-state index in [4.69, 9.17) is 0 Å². The first-order chi connectivity index (χ1) is 8.58. The van der Waals surface area contributed by atoms with Crippen LogP contribution in [0.1, 0.15) is 39.5 Å². The van der Waals surface area contributed by atoms with Crippen molar-refractivity contribution in [1.29, 1.82) is 0 Å². The van der Waals surface area contributed by atoms with Crippen LogP contribution in [0, 0.1) is 0 Å². The lowest BCUT2D eigenvalue weighted by atomic mass is 10.0. The molecule has 2 fully saturated rings. The van der Waals surface area contributed by atoms with Gasteiger partial charge in [0.25, 0.3) is 0 Å². The van der Waals surface area contributed by atoms with Crippen LogP contribution in [0.3, 0.4) is 0 Å². The van der Waals surface area contributed by atoms with E-state index >= 15 is 0 Å². The summed E-state index contributed by atoms with van der Waals surface area (Å²) < 4.78 is 0. The lowest BCUT2D eigenvalue weighted by Gasteiger charge is -2.41. The zero-order chi connectivity index (χ0) is 13.3. The maximum absolute atomic E-state index is 12.3. The number of nitrogens with zero attached hydrogens (tertiary/aromatic N) is 1. The summed E-state index contributed by atoms with van der Waals surface area (Å²) in [4.78, 5) is 26.2. The van der Waals surface area contributed by atoms with Gasteiger partial charge in [-0.15, -0.1) is 0 Å². The molecule has 1 N–H and O–H groups in total. The Bertz CT molecular complexity index is 348. The van der Waals surface area contributed by atoms with Crippen molar-refractivity contribution in [2.75, 3.05) is 6.26 Å². The van der Waals surface area contributed by atoms with Gasteiger partial charge in [0.2, 0.25) is 11.8 Å². The summed E-state index contributed by atoms with van der Waals surface area (Å²) in [6.07, 6.45) is 6.04. The van der Waals surface area contributed by atoms with Gasteiger partial charge in [0.1, 0.15) is 12.1 Å². The minimum Gasteiger partial charge on any atom is -0.343 e. The van der Waals surface area contributed by atoms with Gasteiger partial charge in [-0.05, 0) is 38.9 Å². The lowest BCUT2D eigenvalue weighted by molar-refractivity contribution is -0.151. The number of amides is 2. The molecule has 4 unspecified atom stereocenters. The van der Waals surface area contributed by atoms with E-state index in [-0.39, 0.29) is 29.9 Å². The summed E-state index contributed by atoms with van der Waals surface area (Å²) in [7, 11) is 0. The Hall–Kier alpha value is -0.710. The van der Waals surface area contributed by atoms with Crippen LogP contribution in [0.5, 0.6) is 0 Å². The van der Waals surface area contributed by atoms with Crippen molar-refractivity contribution >= 4 is 23.6 Å². The van der Waals surface area contributed by atoms with Gasteiger partial charge in [-0.3, -0.25) is 9.59 Å². The van der Waals surface area contributed by atoms with Crippen molar-refractivity contribution in [2.24, 2.45) is 0 Å². The molecule has 0 bridgehead atoms. The van der Waals surface area contributed by atoms with E-state index in [9.17, 15) is 9.59 Å². The van der Waals surface area contributed by atoms with Gasteiger partial charge >= 0.3 is 0 Å². The molecule has 0 aromatic rings. The van der Waals surface area contributed by atoms with E-state index in [1.54, 1.807) is 6.92 Å². The van der Waals surface area contributed by atoms with E-state index in [0.717, 1.165) is 19.3 Å². The number of hydrogen-bond donors (Lipinski definition) is 1. The molecule has 2 rings (SSSR count). The summed E-state index contributed by atoms with van der Waals surface area (Å²) in [6, 6.07) is -0.374. The van der Waals surface area contributed by atoms with Crippen molar-refractivity contribution in [3.63, 3.8) is 0 Å². The number of thioether (sulfide) groups is 1. The summed E-state index contributed by atoms with van der Waals surface area (Å²) in [5, 5.41) is 3.41. The molecule has 4 atom stereocenters. The van der Waals surface area contributed by atoms with Crippen molar-refractivity contribution in [1.82, 2.24) is 10.2 Å². The van der Waals surface area contributed by atoms with Gasteiger partial charge in [0, 0.05) is 11.3 Å². The Labute approximate surface area is 113 Å².